The highest BCUT2D eigenvalue weighted by molar-refractivity contribution is 8.01. The number of rotatable bonds is 7. The largest absolute Gasteiger partial charge is 0.456 e. The summed E-state index contributed by atoms with van der Waals surface area (Å²) in [7, 11) is 0. The van der Waals surface area contributed by atoms with Crippen LogP contribution < -0.4 is 5.32 Å². The molecule has 2 aromatic carbocycles. The van der Waals surface area contributed by atoms with Gasteiger partial charge in [0, 0.05) is 11.4 Å². The van der Waals surface area contributed by atoms with Crippen molar-refractivity contribution in [2.45, 2.75) is 31.5 Å². The zero-order chi connectivity index (χ0) is 20.1. The van der Waals surface area contributed by atoms with Crippen molar-refractivity contribution in [2.24, 2.45) is 0 Å². The molecule has 0 fully saturated rings. The van der Waals surface area contributed by atoms with Crippen LogP contribution in [0, 0.1) is 20.8 Å². The Morgan fingerprint density at radius 3 is 2.57 bits per heavy atom. The molecule has 0 spiro atoms. The van der Waals surface area contributed by atoms with E-state index in [1.165, 1.54) is 11.8 Å². The molecule has 1 heterocycles. The van der Waals surface area contributed by atoms with Crippen molar-refractivity contribution in [1.82, 2.24) is 4.98 Å². The normalized spacial score (nSPS) is 10.8. The number of benzene rings is 2. The average molecular weight is 415 g/mol. The quantitative estimate of drug-likeness (QED) is 0.441. The van der Waals surface area contributed by atoms with Crippen LogP contribution in [0.1, 0.15) is 23.1 Å². The van der Waals surface area contributed by atoms with Crippen LogP contribution in [0.2, 0.25) is 0 Å². The van der Waals surface area contributed by atoms with Gasteiger partial charge in [0.25, 0.3) is 5.91 Å². The van der Waals surface area contributed by atoms with Gasteiger partial charge in [-0.15, -0.1) is 11.3 Å². The summed E-state index contributed by atoms with van der Waals surface area (Å²) in [6.07, 6.45) is 0.233. The first kappa shape index (κ1) is 20.4. The molecular weight excluding hydrogens is 392 g/mol. The first-order valence-electron chi connectivity index (χ1n) is 8.94. The molecule has 146 valence electrons. The van der Waals surface area contributed by atoms with Crippen molar-refractivity contribution < 1.29 is 14.3 Å². The first-order valence-corrected chi connectivity index (χ1v) is 10.7. The van der Waals surface area contributed by atoms with Gasteiger partial charge >= 0.3 is 5.97 Å². The Balaban J connectivity index is 1.42. The van der Waals surface area contributed by atoms with Crippen LogP contribution in [-0.4, -0.2) is 29.2 Å². The van der Waals surface area contributed by atoms with Gasteiger partial charge in [-0.3, -0.25) is 9.59 Å². The second kappa shape index (κ2) is 9.21. The van der Waals surface area contributed by atoms with E-state index < -0.39 is 0 Å². The Hall–Kier alpha value is -2.38. The van der Waals surface area contributed by atoms with Crippen LogP contribution in [-0.2, 0) is 14.3 Å². The van der Waals surface area contributed by atoms with Gasteiger partial charge in [0.05, 0.1) is 16.6 Å². The summed E-state index contributed by atoms with van der Waals surface area (Å²) < 4.78 is 7.15. The number of esters is 1. The lowest BCUT2D eigenvalue weighted by Crippen LogP contribution is -2.22. The summed E-state index contributed by atoms with van der Waals surface area (Å²) in [4.78, 5) is 28.5. The van der Waals surface area contributed by atoms with E-state index in [-0.39, 0.29) is 24.9 Å². The molecule has 3 rings (SSSR count). The fourth-order valence-corrected chi connectivity index (χ4v) is 4.96. The molecule has 1 aromatic heterocycles. The molecule has 0 saturated heterocycles. The summed E-state index contributed by atoms with van der Waals surface area (Å²) in [6.45, 7) is 5.62. The van der Waals surface area contributed by atoms with E-state index in [2.05, 4.69) is 10.3 Å². The number of aryl methyl sites for hydroxylation is 3. The second-order valence-electron chi connectivity index (χ2n) is 6.53. The highest BCUT2D eigenvalue weighted by Crippen LogP contribution is 2.29. The third-order valence-electron chi connectivity index (χ3n) is 4.11. The Morgan fingerprint density at radius 1 is 1.14 bits per heavy atom. The molecule has 0 bridgehead atoms. The van der Waals surface area contributed by atoms with Crippen LogP contribution in [0.15, 0.2) is 40.7 Å². The molecular formula is C21H22N2O3S2. The Morgan fingerprint density at radius 2 is 1.86 bits per heavy atom. The Labute approximate surface area is 172 Å². The van der Waals surface area contributed by atoms with Gasteiger partial charge in [-0.25, -0.2) is 4.98 Å². The second-order valence-corrected chi connectivity index (χ2v) is 8.90. The maximum Gasteiger partial charge on any atom is 0.307 e. The highest BCUT2D eigenvalue weighted by atomic mass is 32.2. The summed E-state index contributed by atoms with van der Waals surface area (Å²) >= 11 is 3.13. The number of nitrogens with zero attached hydrogens (tertiary/aromatic N) is 1. The number of aromatic nitrogens is 1. The number of hydrogen-bond donors (Lipinski definition) is 1. The first-order chi connectivity index (χ1) is 13.4. The molecule has 7 heteroatoms. The summed E-state index contributed by atoms with van der Waals surface area (Å²) in [5.41, 5.74) is 4.87. The minimum Gasteiger partial charge on any atom is -0.456 e. The van der Waals surface area contributed by atoms with Crippen LogP contribution >= 0.6 is 23.1 Å². The number of anilines is 1. The van der Waals surface area contributed by atoms with E-state index in [0.717, 1.165) is 36.9 Å². The summed E-state index contributed by atoms with van der Waals surface area (Å²) in [5.74, 6) is -0.153. The standard InChI is InChI=1S/C21H22N2O3S2/c1-13-10-14(2)20(15(3)11-13)23-18(24)12-26-19(25)8-9-27-21-22-16-6-4-5-7-17(16)28-21/h4-7,10-11H,8-9,12H2,1-3H3,(H,23,24). The predicted octanol–water partition coefficient (Wildman–Crippen LogP) is 4.89. The number of ether oxygens (including phenoxy) is 1. The Bertz CT molecular complexity index is 958. The molecule has 1 amide bonds. The van der Waals surface area contributed by atoms with Crippen LogP contribution in [0.3, 0.4) is 0 Å². The van der Waals surface area contributed by atoms with Gasteiger partial charge in [0.1, 0.15) is 0 Å². The topological polar surface area (TPSA) is 68.3 Å². The molecule has 1 N–H and O–H groups in total. The minimum atomic E-state index is -0.388. The highest BCUT2D eigenvalue weighted by Gasteiger charge is 2.12. The van der Waals surface area contributed by atoms with Gasteiger partial charge in [0.2, 0.25) is 0 Å². The van der Waals surface area contributed by atoms with E-state index in [9.17, 15) is 9.59 Å². The molecule has 5 nitrogen and oxygen atoms in total. The summed E-state index contributed by atoms with van der Waals surface area (Å²) in [5, 5.41) is 2.83. The van der Waals surface area contributed by atoms with Crippen LogP contribution in [0.4, 0.5) is 5.69 Å². The summed E-state index contributed by atoms with van der Waals surface area (Å²) in [6, 6.07) is 12.0. The number of carbonyl (C=O) groups excluding carboxylic acids is 2. The van der Waals surface area contributed by atoms with E-state index in [1.807, 2.05) is 57.2 Å². The zero-order valence-corrected chi connectivity index (χ0v) is 17.7. The maximum absolute atomic E-state index is 12.1. The number of thiazole rings is 1. The fraction of sp³-hybridized carbons (Fsp3) is 0.286. The number of nitrogens with one attached hydrogen (secondary N) is 1. The molecule has 0 aliphatic carbocycles. The molecule has 3 aromatic rings. The van der Waals surface area contributed by atoms with Gasteiger partial charge in [0.15, 0.2) is 10.9 Å². The van der Waals surface area contributed by atoms with Crippen molar-refractivity contribution in [2.75, 3.05) is 17.7 Å². The molecule has 0 saturated carbocycles. The third kappa shape index (κ3) is 5.33. The molecule has 0 atom stereocenters. The van der Waals surface area contributed by atoms with Crippen molar-refractivity contribution in [3.05, 3.63) is 53.1 Å². The van der Waals surface area contributed by atoms with Gasteiger partial charge < -0.3 is 10.1 Å². The molecule has 28 heavy (non-hydrogen) atoms. The van der Waals surface area contributed by atoms with Crippen molar-refractivity contribution >= 4 is 50.9 Å². The lowest BCUT2D eigenvalue weighted by atomic mass is 10.1. The fourth-order valence-electron chi connectivity index (χ4n) is 2.91. The monoisotopic (exact) mass is 414 g/mol. The minimum absolute atomic E-state index is 0.233. The average Bonchev–Trinajstić information content (AvgIpc) is 3.05. The van der Waals surface area contributed by atoms with Crippen molar-refractivity contribution in [3.8, 4) is 0 Å². The number of para-hydroxylation sites is 1. The van der Waals surface area contributed by atoms with Gasteiger partial charge in [-0.2, -0.15) is 0 Å². The molecule has 0 unspecified atom stereocenters. The maximum atomic E-state index is 12.1. The van der Waals surface area contributed by atoms with E-state index in [1.54, 1.807) is 11.3 Å². The molecule has 0 radical (unpaired) electrons. The van der Waals surface area contributed by atoms with Gasteiger partial charge in [-0.05, 0) is 44.0 Å². The van der Waals surface area contributed by atoms with Crippen LogP contribution in [0.5, 0.6) is 0 Å². The predicted molar refractivity (Wildman–Crippen MR) is 115 cm³/mol. The lowest BCUT2D eigenvalue weighted by molar-refractivity contribution is -0.146. The third-order valence-corrected chi connectivity index (χ3v) is 6.29. The van der Waals surface area contributed by atoms with Crippen molar-refractivity contribution in [1.29, 1.82) is 0 Å². The number of hydrogen-bond acceptors (Lipinski definition) is 6. The number of carbonyl (C=O) groups is 2. The van der Waals surface area contributed by atoms with E-state index in [4.69, 9.17) is 4.74 Å². The van der Waals surface area contributed by atoms with Crippen LogP contribution in [0.25, 0.3) is 10.2 Å². The SMILES string of the molecule is Cc1cc(C)c(NC(=O)COC(=O)CCSc2nc3ccccc3s2)c(C)c1. The number of thioether (sulfide) groups is 1. The number of amides is 1. The van der Waals surface area contributed by atoms with E-state index >= 15 is 0 Å². The van der Waals surface area contributed by atoms with Crippen molar-refractivity contribution in [3.63, 3.8) is 0 Å². The van der Waals surface area contributed by atoms with Gasteiger partial charge in [-0.1, -0.05) is 41.6 Å². The zero-order valence-electron chi connectivity index (χ0n) is 16.1. The Kier molecular flexibility index (Phi) is 6.70. The van der Waals surface area contributed by atoms with E-state index in [0.29, 0.717) is 5.75 Å². The molecule has 0 aliphatic heterocycles. The molecule has 0 aliphatic rings. The lowest BCUT2D eigenvalue weighted by Gasteiger charge is -2.13. The number of fused-ring (bicyclic) bond motifs is 1. The smallest absolute Gasteiger partial charge is 0.307 e.